The van der Waals surface area contributed by atoms with Crippen molar-refractivity contribution in [1.29, 1.82) is 0 Å². The van der Waals surface area contributed by atoms with Crippen LogP contribution in [0.5, 0.6) is 0 Å². The Morgan fingerprint density at radius 2 is 1.41 bits per heavy atom. The van der Waals surface area contributed by atoms with Gasteiger partial charge in [0.2, 0.25) is 23.6 Å². The highest BCUT2D eigenvalue weighted by Gasteiger charge is 2.31. The molecule has 0 heterocycles. The van der Waals surface area contributed by atoms with E-state index in [4.69, 9.17) is 28.7 Å². The number of aliphatic imine (C=N–C) groups is 1. The molecule has 0 rings (SSSR count). The molecule has 0 aromatic heterocycles. The van der Waals surface area contributed by atoms with E-state index >= 15 is 0 Å². The monoisotopic (exact) mass is 529 g/mol. The van der Waals surface area contributed by atoms with Gasteiger partial charge in [-0.3, -0.25) is 24.2 Å². The lowest BCUT2D eigenvalue weighted by atomic mass is 10.0. The molecule has 37 heavy (non-hydrogen) atoms. The van der Waals surface area contributed by atoms with Crippen LogP contribution in [0.25, 0.3) is 0 Å². The maximum absolute atomic E-state index is 13.1. The second-order valence-corrected chi connectivity index (χ2v) is 9.04. The summed E-state index contributed by atoms with van der Waals surface area (Å²) in [5.41, 5.74) is 26.9. The standard InChI is InChI=1S/C22H43N9O6/c1-12(2)17(31-18(33)13(24)8-9-16(25)32)20(35)29-14(6-3-4-10-23)19(34)30-15(21(36)37)7-5-11-28-22(26)27/h12-15,17H,3-11,23-24H2,1-2H3,(H2,25,32)(H,29,35)(H,30,34)(H,31,33)(H,36,37)(H4,26,27,28). The van der Waals surface area contributed by atoms with Gasteiger partial charge in [0.1, 0.15) is 18.1 Å². The molecule has 0 radical (unpaired) electrons. The molecule has 0 saturated carbocycles. The quantitative estimate of drug-likeness (QED) is 0.0463. The maximum atomic E-state index is 13.1. The summed E-state index contributed by atoms with van der Waals surface area (Å²) >= 11 is 0. The molecule has 0 spiro atoms. The highest BCUT2D eigenvalue weighted by atomic mass is 16.4. The number of primary amides is 1. The average molecular weight is 530 g/mol. The maximum Gasteiger partial charge on any atom is 0.326 e. The number of carboxylic acid groups (broad SMARTS) is 1. The number of amides is 4. The number of unbranched alkanes of at least 4 members (excludes halogenated alkanes) is 1. The second-order valence-electron chi connectivity index (χ2n) is 9.04. The van der Waals surface area contributed by atoms with Gasteiger partial charge in [-0.25, -0.2) is 4.79 Å². The lowest BCUT2D eigenvalue weighted by Crippen LogP contribution is -2.58. The van der Waals surface area contributed by atoms with Gasteiger partial charge in [0, 0.05) is 13.0 Å². The van der Waals surface area contributed by atoms with E-state index in [1.807, 2.05) is 0 Å². The van der Waals surface area contributed by atoms with E-state index in [0.717, 1.165) is 0 Å². The Morgan fingerprint density at radius 3 is 1.92 bits per heavy atom. The molecule has 4 amide bonds. The normalized spacial score (nSPS) is 14.1. The van der Waals surface area contributed by atoms with E-state index in [1.54, 1.807) is 13.8 Å². The summed E-state index contributed by atoms with van der Waals surface area (Å²) in [6, 6.07) is -4.38. The van der Waals surface area contributed by atoms with Crippen LogP contribution in [-0.4, -0.2) is 77.9 Å². The first kappa shape index (κ1) is 33.5. The number of nitrogens with two attached hydrogens (primary N) is 5. The zero-order valence-corrected chi connectivity index (χ0v) is 21.6. The van der Waals surface area contributed by atoms with E-state index in [1.165, 1.54) is 0 Å². The van der Waals surface area contributed by atoms with Crippen LogP contribution in [-0.2, 0) is 24.0 Å². The Kier molecular flexibility index (Phi) is 16.2. The Morgan fingerprint density at radius 1 is 0.811 bits per heavy atom. The summed E-state index contributed by atoms with van der Waals surface area (Å²) in [6.07, 6.45) is 1.57. The molecule has 15 heteroatoms. The number of hydrogen-bond acceptors (Lipinski definition) is 8. The molecule has 0 saturated heterocycles. The van der Waals surface area contributed by atoms with Crippen molar-refractivity contribution in [1.82, 2.24) is 16.0 Å². The molecule has 0 bridgehead atoms. The molecule has 0 aliphatic carbocycles. The first-order chi connectivity index (χ1) is 17.3. The lowest BCUT2D eigenvalue weighted by molar-refractivity contribution is -0.142. The first-order valence-electron chi connectivity index (χ1n) is 12.2. The molecule has 14 N–H and O–H groups in total. The third-order valence-corrected chi connectivity index (χ3v) is 5.43. The largest absolute Gasteiger partial charge is 0.480 e. The minimum Gasteiger partial charge on any atom is -0.480 e. The van der Waals surface area contributed by atoms with E-state index in [0.29, 0.717) is 25.8 Å². The summed E-state index contributed by atoms with van der Waals surface area (Å²) in [5.74, 6) is -4.33. The van der Waals surface area contributed by atoms with Gasteiger partial charge in [-0.05, 0) is 51.0 Å². The van der Waals surface area contributed by atoms with Crippen molar-refractivity contribution in [2.75, 3.05) is 13.1 Å². The van der Waals surface area contributed by atoms with Crippen molar-refractivity contribution >= 4 is 35.6 Å². The molecule has 4 atom stereocenters. The van der Waals surface area contributed by atoms with Crippen LogP contribution in [0, 0.1) is 5.92 Å². The molecule has 0 fully saturated rings. The fourth-order valence-electron chi connectivity index (χ4n) is 3.28. The molecular weight excluding hydrogens is 486 g/mol. The number of carbonyl (C=O) groups is 5. The number of nitrogens with zero attached hydrogens (tertiary/aromatic N) is 1. The van der Waals surface area contributed by atoms with Gasteiger partial charge in [-0.15, -0.1) is 0 Å². The molecule has 212 valence electrons. The van der Waals surface area contributed by atoms with Gasteiger partial charge in [0.05, 0.1) is 6.04 Å². The van der Waals surface area contributed by atoms with Crippen molar-refractivity contribution in [2.45, 2.75) is 83.0 Å². The third kappa shape index (κ3) is 14.6. The summed E-state index contributed by atoms with van der Waals surface area (Å²) < 4.78 is 0. The van der Waals surface area contributed by atoms with Crippen LogP contribution in [0.1, 0.15) is 58.8 Å². The first-order valence-corrected chi connectivity index (χ1v) is 12.2. The van der Waals surface area contributed by atoms with Gasteiger partial charge in [-0.2, -0.15) is 0 Å². The average Bonchev–Trinajstić information content (AvgIpc) is 2.81. The van der Waals surface area contributed by atoms with Gasteiger partial charge >= 0.3 is 5.97 Å². The Labute approximate surface area is 216 Å². The zero-order valence-electron chi connectivity index (χ0n) is 21.6. The van der Waals surface area contributed by atoms with E-state index in [9.17, 15) is 29.1 Å². The molecule has 0 aliphatic rings. The number of hydrogen-bond donors (Lipinski definition) is 9. The number of aliphatic carboxylic acids is 1. The van der Waals surface area contributed by atoms with Crippen molar-refractivity contribution in [3.05, 3.63) is 0 Å². The second kappa shape index (κ2) is 17.9. The Bertz CT molecular complexity index is 802. The Balaban J connectivity index is 5.41. The summed E-state index contributed by atoms with van der Waals surface area (Å²) in [6.45, 7) is 3.95. The predicted octanol–water partition coefficient (Wildman–Crippen LogP) is -3.04. The minimum atomic E-state index is -1.25. The number of guanidine groups is 1. The van der Waals surface area contributed by atoms with E-state index in [-0.39, 0.29) is 44.1 Å². The molecular formula is C22H43N9O6. The lowest BCUT2D eigenvalue weighted by Gasteiger charge is -2.27. The molecule has 15 nitrogen and oxygen atoms in total. The topological polar surface area (TPSA) is 284 Å². The number of rotatable bonds is 19. The van der Waals surface area contributed by atoms with Gasteiger partial charge in [0.15, 0.2) is 5.96 Å². The molecule has 0 aromatic carbocycles. The smallest absolute Gasteiger partial charge is 0.326 e. The molecule has 0 aromatic rings. The Hall–Kier alpha value is -3.46. The highest BCUT2D eigenvalue weighted by Crippen LogP contribution is 2.08. The number of nitrogens with one attached hydrogen (secondary N) is 3. The predicted molar refractivity (Wildman–Crippen MR) is 137 cm³/mol. The fraction of sp³-hybridized carbons (Fsp3) is 0.727. The van der Waals surface area contributed by atoms with Crippen LogP contribution >= 0.6 is 0 Å². The summed E-state index contributed by atoms with van der Waals surface area (Å²) in [4.78, 5) is 64.8. The van der Waals surface area contributed by atoms with Gasteiger partial charge in [-0.1, -0.05) is 13.8 Å². The van der Waals surface area contributed by atoms with Crippen molar-refractivity contribution in [2.24, 2.45) is 39.6 Å². The number of carbonyl (C=O) groups excluding carboxylic acids is 4. The third-order valence-electron chi connectivity index (χ3n) is 5.43. The van der Waals surface area contributed by atoms with Crippen molar-refractivity contribution in [3.63, 3.8) is 0 Å². The van der Waals surface area contributed by atoms with E-state index in [2.05, 4.69) is 20.9 Å². The zero-order chi connectivity index (χ0) is 28.5. The minimum absolute atomic E-state index is 0.0114. The van der Waals surface area contributed by atoms with Crippen LogP contribution in [0.15, 0.2) is 4.99 Å². The van der Waals surface area contributed by atoms with Crippen molar-refractivity contribution in [3.8, 4) is 0 Å². The van der Waals surface area contributed by atoms with Gasteiger partial charge < -0.3 is 49.7 Å². The van der Waals surface area contributed by atoms with Crippen LogP contribution in [0.3, 0.4) is 0 Å². The van der Waals surface area contributed by atoms with Crippen molar-refractivity contribution < 1.29 is 29.1 Å². The SMILES string of the molecule is CC(C)C(NC(=O)C(N)CCC(N)=O)C(=O)NC(CCCCN)C(=O)NC(CCCN=C(N)N)C(=O)O. The van der Waals surface area contributed by atoms with Crippen LogP contribution in [0.2, 0.25) is 0 Å². The van der Waals surface area contributed by atoms with Crippen LogP contribution in [0.4, 0.5) is 0 Å². The fourth-order valence-corrected chi connectivity index (χ4v) is 3.28. The van der Waals surface area contributed by atoms with E-state index < -0.39 is 53.8 Å². The van der Waals surface area contributed by atoms with Crippen LogP contribution < -0.4 is 44.6 Å². The highest BCUT2D eigenvalue weighted by molar-refractivity contribution is 5.94. The summed E-state index contributed by atoms with van der Waals surface area (Å²) in [7, 11) is 0. The molecule has 4 unspecified atom stereocenters. The van der Waals surface area contributed by atoms with Gasteiger partial charge in [0.25, 0.3) is 0 Å². The summed E-state index contributed by atoms with van der Waals surface area (Å²) in [5, 5.41) is 17.1. The molecule has 0 aliphatic heterocycles. The number of carboxylic acids is 1.